The first kappa shape index (κ1) is 13.0. The van der Waals surface area contributed by atoms with Gasteiger partial charge in [-0.1, -0.05) is 0 Å². The molecule has 0 radical (unpaired) electrons. The highest BCUT2D eigenvalue weighted by Crippen LogP contribution is 1.99. The number of carbonyl (C=O) groups excluding carboxylic acids is 2. The van der Waals surface area contributed by atoms with Crippen molar-refractivity contribution in [1.29, 1.82) is 0 Å². The minimum absolute atomic E-state index is 0.0685. The number of nitrogen functional groups attached to an aromatic ring is 1. The van der Waals surface area contributed by atoms with E-state index < -0.39 is 12.1 Å². The molecule has 7 nitrogen and oxygen atoms in total. The molecule has 1 atom stereocenters. The Morgan fingerprint density at radius 2 is 2.35 bits per heavy atom. The molecule has 0 aromatic carbocycles. The smallest absolute Gasteiger partial charge is 0.328 e. The van der Waals surface area contributed by atoms with Crippen molar-refractivity contribution in [2.75, 3.05) is 12.3 Å². The Hall–Kier alpha value is -2.05. The number of rotatable bonds is 5. The molecule has 0 aliphatic carbocycles. The van der Waals surface area contributed by atoms with Crippen LogP contribution < -0.4 is 11.1 Å². The Morgan fingerprint density at radius 1 is 1.65 bits per heavy atom. The predicted octanol–water partition coefficient (Wildman–Crippen LogP) is -0.467. The third-order valence-electron chi connectivity index (χ3n) is 1.97. The minimum Gasteiger partial charge on any atom is -0.451 e. The van der Waals surface area contributed by atoms with Crippen molar-refractivity contribution in [2.24, 2.45) is 0 Å². The van der Waals surface area contributed by atoms with Crippen LogP contribution in [-0.4, -0.2) is 34.3 Å². The number of anilines is 1. The molecule has 1 aromatic heterocycles. The summed E-state index contributed by atoms with van der Waals surface area (Å²) in [7, 11) is 0. The number of esters is 1. The molecule has 17 heavy (non-hydrogen) atoms. The molecule has 0 aliphatic rings. The first-order valence-electron chi connectivity index (χ1n) is 5.28. The molecule has 1 amide bonds. The highest BCUT2D eigenvalue weighted by molar-refractivity contribution is 5.83. The fourth-order valence-electron chi connectivity index (χ4n) is 1.20. The number of nitrogens with one attached hydrogen (secondary N) is 1. The average molecular weight is 240 g/mol. The van der Waals surface area contributed by atoms with Crippen LogP contribution in [0.25, 0.3) is 0 Å². The molecule has 94 valence electrons. The molecule has 1 unspecified atom stereocenters. The molecule has 1 rings (SSSR count). The first-order chi connectivity index (χ1) is 8.02. The second-order valence-corrected chi connectivity index (χ2v) is 3.50. The Balaban J connectivity index is 2.41. The summed E-state index contributed by atoms with van der Waals surface area (Å²) in [5.41, 5.74) is 5.91. The van der Waals surface area contributed by atoms with Gasteiger partial charge in [0, 0.05) is 12.7 Å². The monoisotopic (exact) mass is 240 g/mol. The van der Waals surface area contributed by atoms with Gasteiger partial charge >= 0.3 is 5.97 Å². The Morgan fingerprint density at radius 3 is 2.88 bits per heavy atom. The summed E-state index contributed by atoms with van der Waals surface area (Å²) in [5.74, 6) is -0.854. The SMILES string of the molecule is CCNC(=O)C(C)OC(=O)Cn1cc(N)cn1. The van der Waals surface area contributed by atoms with Gasteiger partial charge in [-0.2, -0.15) is 5.10 Å². The zero-order valence-electron chi connectivity index (χ0n) is 9.84. The van der Waals surface area contributed by atoms with Crippen molar-refractivity contribution >= 4 is 17.6 Å². The van der Waals surface area contributed by atoms with Gasteiger partial charge in [0.25, 0.3) is 5.91 Å². The Bertz CT molecular complexity index is 402. The second kappa shape index (κ2) is 5.88. The summed E-state index contributed by atoms with van der Waals surface area (Å²) >= 11 is 0. The van der Waals surface area contributed by atoms with E-state index in [9.17, 15) is 9.59 Å². The second-order valence-electron chi connectivity index (χ2n) is 3.50. The largest absolute Gasteiger partial charge is 0.451 e. The lowest BCUT2D eigenvalue weighted by Crippen LogP contribution is -2.36. The lowest BCUT2D eigenvalue weighted by Gasteiger charge is -2.12. The maximum Gasteiger partial charge on any atom is 0.328 e. The van der Waals surface area contributed by atoms with Crippen LogP contribution >= 0.6 is 0 Å². The lowest BCUT2D eigenvalue weighted by atomic mass is 10.4. The van der Waals surface area contributed by atoms with Crippen LogP contribution in [0, 0.1) is 0 Å². The Kier molecular flexibility index (Phi) is 4.50. The van der Waals surface area contributed by atoms with Crippen molar-refractivity contribution in [3.8, 4) is 0 Å². The molecule has 0 saturated carbocycles. The van der Waals surface area contributed by atoms with Gasteiger partial charge in [0.15, 0.2) is 6.10 Å². The maximum atomic E-state index is 11.4. The summed E-state index contributed by atoms with van der Waals surface area (Å²) in [4.78, 5) is 22.7. The molecular formula is C10H16N4O3. The number of ether oxygens (including phenoxy) is 1. The van der Waals surface area contributed by atoms with Crippen molar-refractivity contribution < 1.29 is 14.3 Å². The van der Waals surface area contributed by atoms with E-state index in [1.807, 2.05) is 0 Å². The van der Waals surface area contributed by atoms with Crippen molar-refractivity contribution in [3.05, 3.63) is 12.4 Å². The van der Waals surface area contributed by atoms with Crippen LogP contribution in [0.5, 0.6) is 0 Å². The lowest BCUT2D eigenvalue weighted by molar-refractivity contribution is -0.155. The van der Waals surface area contributed by atoms with E-state index in [0.29, 0.717) is 12.2 Å². The summed E-state index contributed by atoms with van der Waals surface area (Å²) in [6.45, 7) is 3.73. The zero-order valence-corrected chi connectivity index (χ0v) is 9.84. The summed E-state index contributed by atoms with van der Waals surface area (Å²) < 4.78 is 6.27. The van der Waals surface area contributed by atoms with E-state index >= 15 is 0 Å². The van der Waals surface area contributed by atoms with E-state index in [0.717, 1.165) is 0 Å². The van der Waals surface area contributed by atoms with E-state index in [1.165, 1.54) is 24.0 Å². The minimum atomic E-state index is -0.810. The normalized spacial score (nSPS) is 11.9. The van der Waals surface area contributed by atoms with Gasteiger partial charge in [-0.3, -0.25) is 14.3 Å². The number of nitrogens with zero attached hydrogens (tertiary/aromatic N) is 2. The van der Waals surface area contributed by atoms with Gasteiger partial charge in [0.1, 0.15) is 6.54 Å². The summed E-state index contributed by atoms with van der Waals surface area (Å²) in [6, 6.07) is 0. The molecule has 0 aliphatic heterocycles. The molecule has 0 bridgehead atoms. The summed E-state index contributed by atoms with van der Waals surface area (Å²) in [5, 5.41) is 6.39. The molecule has 0 spiro atoms. The maximum absolute atomic E-state index is 11.4. The predicted molar refractivity (Wildman–Crippen MR) is 60.9 cm³/mol. The number of hydrogen-bond donors (Lipinski definition) is 2. The van der Waals surface area contributed by atoms with Crippen LogP contribution in [0.4, 0.5) is 5.69 Å². The molecular weight excluding hydrogens is 224 g/mol. The van der Waals surface area contributed by atoms with Gasteiger partial charge in [0.2, 0.25) is 0 Å². The zero-order chi connectivity index (χ0) is 12.8. The van der Waals surface area contributed by atoms with E-state index in [-0.39, 0.29) is 12.5 Å². The fraction of sp³-hybridized carbons (Fsp3) is 0.500. The van der Waals surface area contributed by atoms with Crippen LogP contribution in [-0.2, 0) is 20.9 Å². The fourth-order valence-corrected chi connectivity index (χ4v) is 1.20. The molecule has 1 aromatic rings. The molecule has 7 heteroatoms. The van der Waals surface area contributed by atoms with Crippen molar-refractivity contribution in [2.45, 2.75) is 26.5 Å². The average Bonchev–Trinajstić information content (AvgIpc) is 2.64. The highest BCUT2D eigenvalue weighted by Gasteiger charge is 2.17. The molecule has 0 fully saturated rings. The van der Waals surface area contributed by atoms with Crippen molar-refractivity contribution in [3.63, 3.8) is 0 Å². The quantitative estimate of drug-likeness (QED) is 0.678. The topological polar surface area (TPSA) is 99.2 Å². The number of hydrogen-bond acceptors (Lipinski definition) is 5. The van der Waals surface area contributed by atoms with Crippen LogP contribution in [0.3, 0.4) is 0 Å². The van der Waals surface area contributed by atoms with Gasteiger partial charge in [-0.05, 0) is 13.8 Å². The highest BCUT2D eigenvalue weighted by atomic mass is 16.5. The number of amides is 1. The van der Waals surface area contributed by atoms with Crippen molar-refractivity contribution in [1.82, 2.24) is 15.1 Å². The van der Waals surface area contributed by atoms with E-state index in [4.69, 9.17) is 10.5 Å². The standard InChI is InChI=1S/C10H16N4O3/c1-3-12-10(16)7(2)17-9(15)6-14-5-8(11)4-13-14/h4-5,7H,3,6,11H2,1-2H3,(H,12,16). The van der Waals surface area contributed by atoms with E-state index in [1.54, 1.807) is 6.92 Å². The number of likely N-dealkylation sites (N-methyl/N-ethyl adjacent to an activating group) is 1. The molecule has 3 N–H and O–H groups in total. The van der Waals surface area contributed by atoms with Gasteiger partial charge < -0.3 is 15.8 Å². The number of nitrogens with two attached hydrogens (primary N) is 1. The number of carbonyl (C=O) groups is 2. The van der Waals surface area contributed by atoms with Crippen LogP contribution in [0.2, 0.25) is 0 Å². The third-order valence-corrected chi connectivity index (χ3v) is 1.97. The Labute approximate surface area is 98.9 Å². The van der Waals surface area contributed by atoms with E-state index in [2.05, 4.69) is 10.4 Å². The van der Waals surface area contributed by atoms with Gasteiger partial charge in [-0.15, -0.1) is 0 Å². The molecule has 1 heterocycles. The van der Waals surface area contributed by atoms with Gasteiger partial charge in [0.05, 0.1) is 11.9 Å². The van der Waals surface area contributed by atoms with Crippen LogP contribution in [0.15, 0.2) is 12.4 Å². The van der Waals surface area contributed by atoms with Crippen LogP contribution in [0.1, 0.15) is 13.8 Å². The number of aromatic nitrogens is 2. The molecule has 0 saturated heterocycles. The van der Waals surface area contributed by atoms with Gasteiger partial charge in [-0.25, -0.2) is 0 Å². The first-order valence-corrected chi connectivity index (χ1v) is 5.28. The third kappa shape index (κ3) is 4.13. The summed E-state index contributed by atoms with van der Waals surface area (Å²) in [6.07, 6.45) is 2.13.